The number of rotatable bonds is 6. The largest absolute Gasteiger partial charge is 0.352 e. The van der Waals surface area contributed by atoms with Gasteiger partial charge >= 0.3 is 0 Å². The summed E-state index contributed by atoms with van der Waals surface area (Å²) in [7, 11) is 0. The fraction of sp³-hybridized carbons (Fsp3) is 0.391. The summed E-state index contributed by atoms with van der Waals surface area (Å²) in [5.74, 6) is -2.08. The Labute approximate surface area is 170 Å². The molecule has 0 aliphatic heterocycles. The quantitative estimate of drug-likeness (QED) is 0.763. The molecular weight excluding hydrogens is 374 g/mol. The van der Waals surface area contributed by atoms with Crippen molar-refractivity contribution in [2.45, 2.75) is 58.5 Å². The second-order valence-corrected chi connectivity index (χ2v) is 8.34. The molecule has 0 saturated carbocycles. The first kappa shape index (κ1) is 22.5. The Balaban J connectivity index is 1.93. The molecular formula is C23H28F2N2O2. The average molecular weight is 402 g/mol. The molecule has 2 aromatic rings. The van der Waals surface area contributed by atoms with Gasteiger partial charge in [-0.25, -0.2) is 8.78 Å². The number of amides is 2. The molecule has 4 nitrogen and oxygen atoms in total. The van der Waals surface area contributed by atoms with Crippen molar-refractivity contribution < 1.29 is 18.4 Å². The van der Waals surface area contributed by atoms with Crippen LogP contribution in [0.1, 0.15) is 56.1 Å². The lowest BCUT2D eigenvalue weighted by molar-refractivity contribution is -0.123. The topological polar surface area (TPSA) is 58.2 Å². The second-order valence-electron chi connectivity index (χ2n) is 8.34. The number of carbonyl (C=O) groups is 2. The van der Waals surface area contributed by atoms with E-state index in [1.807, 2.05) is 12.1 Å². The molecule has 0 aliphatic rings. The molecule has 2 unspecified atom stereocenters. The number of carbonyl (C=O) groups excluding carboxylic acids is 2. The summed E-state index contributed by atoms with van der Waals surface area (Å²) in [4.78, 5) is 24.7. The van der Waals surface area contributed by atoms with Crippen molar-refractivity contribution in [3.63, 3.8) is 0 Å². The van der Waals surface area contributed by atoms with Gasteiger partial charge in [-0.1, -0.05) is 39.0 Å². The Kier molecular flexibility index (Phi) is 7.11. The molecule has 156 valence electrons. The highest BCUT2D eigenvalue weighted by Crippen LogP contribution is 2.22. The smallest absolute Gasteiger partial charge is 0.251 e. The van der Waals surface area contributed by atoms with Gasteiger partial charge in [0.2, 0.25) is 5.91 Å². The Morgan fingerprint density at radius 2 is 1.48 bits per heavy atom. The van der Waals surface area contributed by atoms with Gasteiger partial charge in [0.15, 0.2) is 0 Å². The van der Waals surface area contributed by atoms with Crippen LogP contribution in [0.3, 0.4) is 0 Å². The van der Waals surface area contributed by atoms with E-state index in [2.05, 4.69) is 31.4 Å². The molecule has 0 fully saturated rings. The SMILES string of the molecule is CC(Cc1c(F)cccc1F)NC(=O)C(C)NC(=O)c1ccc(C(C)(C)C)cc1. The zero-order valence-electron chi connectivity index (χ0n) is 17.5. The van der Waals surface area contributed by atoms with Crippen LogP contribution in [0.2, 0.25) is 0 Å². The Morgan fingerprint density at radius 3 is 2.00 bits per heavy atom. The van der Waals surface area contributed by atoms with Gasteiger partial charge in [-0.2, -0.15) is 0 Å². The minimum absolute atomic E-state index is 0.0131. The molecule has 2 N–H and O–H groups in total. The molecule has 2 aromatic carbocycles. The zero-order valence-corrected chi connectivity index (χ0v) is 17.5. The number of nitrogens with one attached hydrogen (secondary N) is 2. The first-order valence-corrected chi connectivity index (χ1v) is 9.63. The van der Waals surface area contributed by atoms with Gasteiger partial charge in [0.05, 0.1) is 0 Å². The summed E-state index contributed by atoms with van der Waals surface area (Å²) in [6.07, 6.45) is 0.0131. The molecule has 0 aromatic heterocycles. The van der Waals surface area contributed by atoms with E-state index >= 15 is 0 Å². The third-order valence-electron chi connectivity index (χ3n) is 4.71. The van der Waals surface area contributed by atoms with Crippen LogP contribution in [0, 0.1) is 11.6 Å². The van der Waals surface area contributed by atoms with E-state index in [9.17, 15) is 18.4 Å². The molecule has 6 heteroatoms. The van der Waals surface area contributed by atoms with Crippen LogP contribution in [0.5, 0.6) is 0 Å². The maximum Gasteiger partial charge on any atom is 0.251 e. The van der Waals surface area contributed by atoms with Crippen molar-refractivity contribution in [3.8, 4) is 0 Å². The molecule has 0 spiro atoms. The van der Waals surface area contributed by atoms with Crippen LogP contribution in [0.25, 0.3) is 0 Å². The van der Waals surface area contributed by atoms with Crippen molar-refractivity contribution in [1.29, 1.82) is 0 Å². The zero-order chi connectivity index (χ0) is 21.8. The second kappa shape index (κ2) is 9.16. The van der Waals surface area contributed by atoms with E-state index in [0.29, 0.717) is 5.56 Å². The summed E-state index contributed by atoms with van der Waals surface area (Å²) in [5, 5.41) is 5.33. The van der Waals surface area contributed by atoms with Crippen molar-refractivity contribution in [3.05, 3.63) is 70.8 Å². The Morgan fingerprint density at radius 1 is 0.931 bits per heavy atom. The summed E-state index contributed by atoms with van der Waals surface area (Å²) in [6.45, 7) is 9.48. The van der Waals surface area contributed by atoms with Crippen LogP contribution in [0.15, 0.2) is 42.5 Å². The number of hydrogen-bond acceptors (Lipinski definition) is 2. The highest BCUT2D eigenvalue weighted by Gasteiger charge is 2.20. The van der Waals surface area contributed by atoms with E-state index in [4.69, 9.17) is 0 Å². The minimum Gasteiger partial charge on any atom is -0.352 e. The van der Waals surface area contributed by atoms with E-state index < -0.39 is 29.6 Å². The van der Waals surface area contributed by atoms with Gasteiger partial charge in [0.1, 0.15) is 17.7 Å². The summed E-state index contributed by atoms with van der Waals surface area (Å²) in [5.41, 5.74) is 1.47. The number of hydrogen-bond donors (Lipinski definition) is 2. The highest BCUT2D eigenvalue weighted by molar-refractivity contribution is 5.97. The third kappa shape index (κ3) is 6.11. The van der Waals surface area contributed by atoms with Crippen molar-refractivity contribution >= 4 is 11.8 Å². The highest BCUT2D eigenvalue weighted by atomic mass is 19.1. The van der Waals surface area contributed by atoms with Crippen LogP contribution < -0.4 is 10.6 Å². The van der Waals surface area contributed by atoms with Gasteiger partial charge in [0, 0.05) is 17.2 Å². The predicted molar refractivity (Wildman–Crippen MR) is 110 cm³/mol. The van der Waals surface area contributed by atoms with Gasteiger partial charge in [-0.3, -0.25) is 9.59 Å². The van der Waals surface area contributed by atoms with Gasteiger partial charge < -0.3 is 10.6 Å². The Bertz CT molecular complexity index is 853. The van der Waals surface area contributed by atoms with Crippen LogP contribution >= 0.6 is 0 Å². The fourth-order valence-electron chi connectivity index (χ4n) is 2.92. The van der Waals surface area contributed by atoms with Crippen molar-refractivity contribution in [2.75, 3.05) is 0 Å². The lowest BCUT2D eigenvalue weighted by Gasteiger charge is -2.20. The summed E-state index contributed by atoms with van der Waals surface area (Å²) >= 11 is 0. The fourth-order valence-corrected chi connectivity index (χ4v) is 2.92. The van der Waals surface area contributed by atoms with E-state index in [-0.39, 0.29) is 23.3 Å². The molecule has 0 saturated heterocycles. The normalized spacial score (nSPS) is 13.5. The summed E-state index contributed by atoms with van der Waals surface area (Å²) in [6, 6.07) is 9.60. The Hall–Kier alpha value is -2.76. The molecule has 0 aliphatic carbocycles. The standard InChI is InChI=1S/C23H28F2N2O2/c1-14(13-18-19(24)7-6-8-20(18)25)26-21(28)15(2)27-22(29)16-9-11-17(12-10-16)23(3,4)5/h6-12,14-15H,13H2,1-5H3,(H,26,28)(H,27,29). The number of halogens is 2. The van der Waals surface area contributed by atoms with E-state index in [0.717, 1.165) is 5.56 Å². The van der Waals surface area contributed by atoms with Crippen LogP contribution in [-0.4, -0.2) is 23.9 Å². The monoisotopic (exact) mass is 402 g/mol. The predicted octanol–water partition coefficient (Wildman–Crippen LogP) is 4.13. The number of benzene rings is 2. The molecule has 0 radical (unpaired) electrons. The van der Waals surface area contributed by atoms with E-state index in [1.54, 1.807) is 26.0 Å². The van der Waals surface area contributed by atoms with Crippen molar-refractivity contribution in [1.82, 2.24) is 10.6 Å². The molecule has 0 heterocycles. The van der Waals surface area contributed by atoms with Gasteiger partial charge in [-0.15, -0.1) is 0 Å². The molecule has 0 bridgehead atoms. The lowest BCUT2D eigenvalue weighted by Crippen LogP contribution is -2.48. The maximum atomic E-state index is 13.8. The lowest BCUT2D eigenvalue weighted by atomic mass is 9.86. The average Bonchev–Trinajstić information content (AvgIpc) is 2.64. The van der Waals surface area contributed by atoms with Crippen LogP contribution in [-0.2, 0) is 16.6 Å². The first-order valence-electron chi connectivity index (χ1n) is 9.63. The molecule has 2 amide bonds. The van der Waals surface area contributed by atoms with Gasteiger partial charge in [-0.05, 0) is 55.5 Å². The van der Waals surface area contributed by atoms with E-state index in [1.165, 1.54) is 18.2 Å². The molecule has 2 atom stereocenters. The third-order valence-corrected chi connectivity index (χ3v) is 4.71. The van der Waals surface area contributed by atoms with Gasteiger partial charge in [0.25, 0.3) is 5.91 Å². The van der Waals surface area contributed by atoms with Crippen molar-refractivity contribution in [2.24, 2.45) is 0 Å². The maximum absolute atomic E-state index is 13.8. The minimum atomic E-state index is -0.794. The first-order chi connectivity index (χ1) is 13.5. The summed E-state index contributed by atoms with van der Waals surface area (Å²) < 4.78 is 27.5. The van der Waals surface area contributed by atoms with Crippen LogP contribution in [0.4, 0.5) is 8.78 Å². The molecule has 2 rings (SSSR count). The molecule has 29 heavy (non-hydrogen) atoms.